The predicted molar refractivity (Wildman–Crippen MR) is 89.6 cm³/mol. The Hall–Kier alpha value is -1.42. The van der Waals surface area contributed by atoms with Gasteiger partial charge in [-0.25, -0.2) is 0 Å². The van der Waals surface area contributed by atoms with Gasteiger partial charge in [-0.2, -0.15) is 0 Å². The van der Waals surface area contributed by atoms with Gasteiger partial charge in [-0.15, -0.1) is 0 Å². The molecule has 0 heterocycles. The van der Waals surface area contributed by atoms with E-state index >= 15 is 0 Å². The first-order valence-corrected chi connectivity index (χ1v) is 7.84. The van der Waals surface area contributed by atoms with Crippen molar-refractivity contribution in [1.29, 1.82) is 0 Å². The molecule has 0 fully saturated rings. The van der Waals surface area contributed by atoms with Crippen LogP contribution in [-0.4, -0.2) is 42.8 Å². The molecule has 0 aliphatic rings. The van der Waals surface area contributed by atoms with E-state index in [1.54, 1.807) is 0 Å². The van der Waals surface area contributed by atoms with Crippen molar-refractivity contribution in [2.75, 3.05) is 32.8 Å². The van der Waals surface area contributed by atoms with Crippen LogP contribution in [0.1, 0.15) is 25.5 Å². The van der Waals surface area contributed by atoms with E-state index in [1.807, 2.05) is 6.07 Å². The minimum absolute atomic E-state index is 0.00772. The number of fused-ring (bicyclic) bond motifs is 1. The topological polar surface area (TPSA) is 35.5 Å². The molecule has 0 aliphatic heterocycles. The van der Waals surface area contributed by atoms with E-state index < -0.39 is 0 Å². The largest absolute Gasteiger partial charge is 0.394 e. The van der Waals surface area contributed by atoms with E-state index in [0.717, 1.165) is 26.2 Å². The van der Waals surface area contributed by atoms with Crippen molar-refractivity contribution < 1.29 is 5.11 Å². The van der Waals surface area contributed by atoms with Crippen LogP contribution in [0.5, 0.6) is 0 Å². The minimum Gasteiger partial charge on any atom is -0.394 e. The summed E-state index contributed by atoms with van der Waals surface area (Å²) in [6.45, 7) is 8.50. The van der Waals surface area contributed by atoms with Crippen LogP contribution in [0.15, 0.2) is 42.5 Å². The molecule has 1 unspecified atom stereocenters. The molecule has 0 saturated heterocycles. The first kappa shape index (κ1) is 16.0. The van der Waals surface area contributed by atoms with Gasteiger partial charge in [0.1, 0.15) is 0 Å². The molecular formula is C18H26N2O. The molecule has 1 atom stereocenters. The zero-order valence-corrected chi connectivity index (χ0v) is 13.0. The molecule has 2 aromatic rings. The van der Waals surface area contributed by atoms with Crippen molar-refractivity contribution in [1.82, 2.24) is 10.2 Å². The first-order chi connectivity index (χ1) is 10.3. The fraction of sp³-hybridized carbons (Fsp3) is 0.444. The van der Waals surface area contributed by atoms with E-state index in [9.17, 15) is 5.11 Å². The van der Waals surface area contributed by atoms with Crippen molar-refractivity contribution in [3.63, 3.8) is 0 Å². The van der Waals surface area contributed by atoms with Crippen molar-refractivity contribution in [3.05, 3.63) is 48.0 Å². The highest BCUT2D eigenvalue weighted by Gasteiger charge is 2.12. The molecule has 0 bridgehead atoms. The molecule has 0 radical (unpaired) electrons. The summed E-state index contributed by atoms with van der Waals surface area (Å²) >= 11 is 0. The SMILES string of the molecule is CCN(CC)CCNC(CO)c1cccc2ccccc12. The lowest BCUT2D eigenvalue weighted by molar-refractivity contribution is 0.234. The van der Waals surface area contributed by atoms with E-state index in [2.05, 4.69) is 60.5 Å². The molecule has 0 amide bonds. The molecular weight excluding hydrogens is 260 g/mol. The molecule has 114 valence electrons. The predicted octanol–water partition coefficient (Wildman–Crippen LogP) is 2.80. The average molecular weight is 286 g/mol. The molecule has 3 nitrogen and oxygen atoms in total. The lowest BCUT2D eigenvalue weighted by Gasteiger charge is -2.22. The van der Waals surface area contributed by atoms with Crippen LogP contribution in [0, 0.1) is 0 Å². The van der Waals surface area contributed by atoms with Crippen LogP contribution in [0.3, 0.4) is 0 Å². The van der Waals surface area contributed by atoms with E-state index in [-0.39, 0.29) is 12.6 Å². The number of benzene rings is 2. The van der Waals surface area contributed by atoms with Crippen LogP contribution in [0.25, 0.3) is 10.8 Å². The van der Waals surface area contributed by atoms with Crippen molar-refractivity contribution in [2.45, 2.75) is 19.9 Å². The standard InChI is InChI=1S/C18H26N2O/c1-3-20(4-2)13-12-19-18(14-21)17-11-7-9-15-8-5-6-10-16(15)17/h5-11,18-19,21H,3-4,12-14H2,1-2H3. The van der Waals surface area contributed by atoms with Gasteiger partial charge in [-0.1, -0.05) is 56.3 Å². The molecule has 0 spiro atoms. The highest BCUT2D eigenvalue weighted by atomic mass is 16.3. The molecule has 0 saturated carbocycles. The molecule has 3 heteroatoms. The summed E-state index contributed by atoms with van der Waals surface area (Å²) in [4.78, 5) is 2.38. The Bertz CT molecular complexity index is 546. The highest BCUT2D eigenvalue weighted by molar-refractivity contribution is 5.86. The Morgan fingerprint density at radius 2 is 1.76 bits per heavy atom. The van der Waals surface area contributed by atoms with Crippen LogP contribution in [0.4, 0.5) is 0 Å². The summed E-state index contributed by atoms with van der Waals surface area (Å²) in [5, 5.41) is 15.7. The Labute approximate surface area is 127 Å². The quantitative estimate of drug-likeness (QED) is 0.783. The maximum absolute atomic E-state index is 9.74. The zero-order chi connectivity index (χ0) is 15.1. The lowest BCUT2D eigenvalue weighted by atomic mass is 9.99. The fourth-order valence-corrected chi connectivity index (χ4v) is 2.76. The third-order valence-corrected chi connectivity index (χ3v) is 4.09. The van der Waals surface area contributed by atoms with Gasteiger partial charge in [-0.05, 0) is 29.4 Å². The average Bonchev–Trinajstić information content (AvgIpc) is 2.55. The summed E-state index contributed by atoms with van der Waals surface area (Å²) < 4.78 is 0. The maximum atomic E-state index is 9.74. The number of aliphatic hydroxyl groups excluding tert-OH is 1. The van der Waals surface area contributed by atoms with Gasteiger partial charge in [0, 0.05) is 13.1 Å². The second-order valence-electron chi connectivity index (χ2n) is 5.28. The number of hydrogen-bond acceptors (Lipinski definition) is 3. The second kappa shape index (κ2) is 8.13. The molecule has 21 heavy (non-hydrogen) atoms. The number of aliphatic hydroxyl groups is 1. The molecule has 0 aliphatic carbocycles. The third-order valence-electron chi connectivity index (χ3n) is 4.09. The van der Waals surface area contributed by atoms with E-state index in [4.69, 9.17) is 0 Å². The first-order valence-electron chi connectivity index (χ1n) is 7.84. The Balaban J connectivity index is 2.09. The van der Waals surface area contributed by atoms with Crippen molar-refractivity contribution in [3.8, 4) is 0 Å². The van der Waals surface area contributed by atoms with Gasteiger partial charge in [0.2, 0.25) is 0 Å². The van der Waals surface area contributed by atoms with Crippen molar-refractivity contribution >= 4 is 10.8 Å². The summed E-state index contributed by atoms with van der Waals surface area (Å²) in [5.41, 5.74) is 1.18. The van der Waals surface area contributed by atoms with Crippen molar-refractivity contribution in [2.24, 2.45) is 0 Å². The molecule has 0 aromatic heterocycles. The van der Waals surface area contributed by atoms with Crippen LogP contribution in [-0.2, 0) is 0 Å². The van der Waals surface area contributed by atoms with Crippen LogP contribution >= 0.6 is 0 Å². The number of nitrogens with one attached hydrogen (secondary N) is 1. The van der Waals surface area contributed by atoms with Gasteiger partial charge < -0.3 is 15.3 Å². The van der Waals surface area contributed by atoms with Gasteiger partial charge in [0.25, 0.3) is 0 Å². The molecule has 2 N–H and O–H groups in total. The highest BCUT2D eigenvalue weighted by Crippen LogP contribution is 2.23. The number of rotatable bonds is 8. The summed E-state index contributed by atoms with van der Waals surface area (Å²) in [6.07, 6.45) is 0. The number of nitrogens with zero attached hydrogens (tertiary/aromatic N) is 1. The fourth-order valence-electron chi connectivity index (χ4n) is 2.76. The zero-order valence-electron chi connectivity index (χ0n) is 13.0. The Morgan fingerprint density at radius 1 is 1.05 bits per heavy atom. The second-order valence-corrected chi connectivity index (χ2v) is 5.28. The number of hydrogen-bond donors (Lipinski definition) is 2. The summed E-state index contributed by atoms with van der Waals surface area (Å²) in [6, 6.07) is 14.6. The van der Waals surface area contributed by atoms with Crippen LogP contribution < -0.4 is 5.32 Å². The normalized spacial score (nSPS) is 13.0. The Morgan fingerprint density at radius 3 is 2.48 bits per heavy atom. The summed E-state index contributed by atoms with van der Waals surface area (Å²) in [5.74, 6) is 0. The Kier molecular flexibility index (Phi) is 6.18. The van der Waals surface area contributed by atoms with Gasteiger partial charge in [0.15, 0.2) is 0 Å². The molecule has 2 rings (SSSR count). The van der Waals surface area contributed by atoms with Gasteiger partial charge in [0.05, 0.1) is 12.6 Å². The molecule has 2 aromatic carbocycles. The maximum Gasteiger partial charge on any atom is 0.0626 e. The summed E-state index contributed by atoms with van der Waals surface area (Å²) in [7, 11) is 0. The van der Waals surface area contributed by atoms with E-state index in [1.165, 1.54) is 16.3 Å². The smallest absolute Gasteiger partial charge is 0.0626 e. The lowest BCUT2D eigenvalue weighted by Crippen LogP contribution is -2.34. The minimum atomic E-state index is -0.00772. The van der Waals surface area contributed by atoms with E-state index in [0.29, 0.717) is 0 Å². The van der Waals surface area contributed by atoms with Crippen LogP contribution in [0.2, 0.25) is 0 Å². The third kappa shape index (κ3) is 4.03. The monoisotopic (exact) mass is 286 g/mol. The number of likely N-dealkylation sites (N-methyl/N-ethyl adjacent to an activating group) is 1. The van der Waals surface area contributed by atoms with Gasteiger partial charge in [-0.3, -0.25) is 0 Å². The van der Waals surface area contributed by atoms with Gasteiger partial charge >= 0.3 is 0 Å².